The largest absolute Gasteiger partial charge is 0.375 e. The molecule has 27 heavy (non-hydrogen) atoms. The van der Waals surface area contributed by atoms with E-state index in [1.165, 1.54) is 7.11 Å². The molecule has 8 nitrogen and oxygen atoms in total. The Bertz CT molecular complexity index is 735. The van der Waals surface area contributed by atoms with E-state index in [1.54, 1.807) is 36.1 Å². The van der Waals surface area contributed by atoms with Gasteiger partial charge in [0.25, 0.3) is 11.8 Å². The average molecular weight is 373 g/mol. The van der Waals surface area contributed by atoms with Gasteiger partial charge < -0.3 is 15.0 Å². The number of ether oxygens (including phenoxy) is 1. The quantitative estimate of drug-likeness (QED) is 0.755. The van der Waals surface area contributed by atoms with Gasteiger partial charge in [0, 0.05) is 26.2 Å². The lowest BCUT2D eigenvalue weighted by Gasteiger charge is -2.35. The second kappa shape index (κ2) is 7.87. The van der Waals surface area contributed by atoms with Crippen LogP contribution < -0.4 is 5.32 Å². The molecule has 2 aliphatic heterocycles. The molecular weight excluding hydrogens is 350 g/mol. The topological polar surface area (TPSA) is 96.0 Å². The second-order valence-corrected chi connectivity index (χ2v) is 6.80. The maximum atomic E-state index is 12.8. The van der Waals surface area contributed by atoms with Crippen molar-refractivity contribution in [1.82, 2.24) is 15.1 Å². The molecule has 8 heteroatoms. The lowest BCUT2D eigenvalue weighted by molar-refractivity contribution is -0.136. The Morgan fingerprint density at radius 3 is 2.22 bits per heavy atom. The zero-order valence-electron chi connectivity index (χ0n) is 15.4. The molecule has 0 radical (unpaired) electrons. The van der Waals surface area contributed by atoms with Crippen molar-refractivity contribution in [3.63, 3.8) is 0 Å². The summed E-state index contributed by atoms with van der Waals surface area (Å²) in [5.41, 5.74) is 0.670. The Morgan fingerprint density at radius 2 is 1.70 bits per heavy atom. The Morgan fingerprint density at radius 1 is 1.15 bits per heavy atom. The predicted octanol–water partition coefficient (Wildman–Crippen LogP) is 0.425. The molecular formula is C19H23N3O5. The molecule has 0 aliphatic carbocycles. The van der Waals surface area contributed by atoms with Gasteiger partial charge in [-0.3, -0.25) is 24.1 Å². The number of carbonyl (C=O) groups is 4. The minimum absolute atomic E-state index is 0.00804. The first-order valence-corrected chi connectivity index (χ1v) is 8.98. The lowest BCUT2D eigenvalue weighted by Crippen LogP contribution is -2.53. The lowest BCUT2D eigenvalue weighted by atomic mass is 10.0. The number of fused-ring (bicyclic) bond motifs is 1. The van der Waals surface area contributed by atoms with Crippen molar-refractivity contribution in [1.29, 1.82) is 0 Å². The number of benzene rings is 1. The Labute approximate surface area is 157 Å². The Balaban J connectivity index is 1.60. The number of methoxy groups -OCH3 is 1. The van der Waals surface area contributed by atoms with Gasteiger partial charge in [-0.2, -0.15) is 0 Å². The molecule has 2 heterocycles. The number of rotatable bonds is 5. The number of nitrogens with zero attached hydrogens (tertiary/aromatic N) is 2. The van der Waals surface area contributed by atoms with Gasteiger partial charge in [0.2, 0.25) is 11.8 Å². The first-order chi connectivity index (χ1) is 12.9. The second-order valence-electron chi connectivity index (χ2n) is 6.80. The molecule has 1 unspecified atom stereocenters. The summed E-state index contributed by atoms with van der Waals surface area (Å²) in [6.45, 7) is 2.51. The molecule has 0 saturated carbocycles. The van der Waals surface area contributed by atoms with Crippen molar-refractivity contribution in [3.05, 3.63) is 35.4 Å². The fraction of sp³-hybridized carbons (Fsp3) is 0.474. The summed E-state index contributed by atoms with van der Waals surface area (Å²) >= 11 is 0. The summed E-state index contributed by atoms with van der Waals surface area (Å²) in [7, 11) is 1.46. The van der Waals surface area contributed by atoms with Crippen LogP contribution in [0.15, 0.2) is 24.3 Å². The highest BCUT2D eigenvalue weighted by Gasteiger charge is 2.42. The molecule has 1 N–H and O–H groups in total. The predicted molar refractivity (Wildman–Crippen MR) is 96.0 cm³/mol. The normalized spacial score (nSPS) is 18.4. The van der Waals surface area contributed by atoms with Crippen LogP contribution in [0, 0.1) is 0 Å². The standard InChI is InChI=1S/C19H23N3O5/c1-12(22-18(25)14-5-3-4-6-15(14)19(22)26)17(24)21-9-7-13(8-10-21)20-16(23)11-27-2/h3-6,12-13H,7-11H2,1-2H3,(H,20,23). The summed E-state index contributed by atoms with van der Waals surface area (Å²) in [5.74, 6) is -1.30. The number of carbonyl (C=O) groups excluding carboxylic acids is 4. The van der Waals surface area contributed by atoms with E-state index < -0.39 is 17.9 Å². The highest BCUT2D eigenvalue weighted by molar-refractivity contribution is 6.22. The molecule has 4 amide bonds. The molecule has 1 atom stereocenters. The molecule has 2 aliphatic rings. The van der Waals surface area contributed by atoms with Crippen molar-refractivity contribution < 1.29 is 23.9 Å². The molecule has 0 spiro atoms. The zero-order valence-corrected chi connectivity index (χ0v) is 15.4. The van der Waals surface area contributed by atoms with Crippen molar-refractivity contribution in [2.45, 2.75) is 31.8 Å². The zero-order chi connectivity index (χ0) is 19.6. The Hall–Kier alpha value is -2.74. The van der Waals surface area contributed by atoms with Crippen molar-refractivity contribution in [3.8, 4) is 0 Å². The third kappa shape index (κ3) is 3.71. The fourth-order valence-corrected chi connectivity index (χ4v) is 3.58. The molecule has 144 valence electrons. The summed E-state index contributed by atoms with van der Waals surface area (Å²) in [5, 5.41) is 2.87. The van der Waals surface area contributed by atoms with Gasteiger partial charge in [-0.25, -0.2) is 0 Å². The number of likely N-dealkylation sites (tertiary alicyclic amines) is 1. The van der Waals surface area contributed by atoms with Crippen LogP contribution in [-0.2, 0) is 14.3 Å². The highest BCUT2D eigenvalue weighted by Crippen LogP contribution is 2.25. The minimum atomic E-state index is -0.864. The summed E-state index contributed by atoms with van der Waals surface area (Å²) in [6, 6.07) is 5.72. The van der Waals surface area contributed by atoms with Crippen LogP contribution in [0.2, 0.25) is 0 Å². The average Bonchev–Trinajstić information content (AvgIpc) is 2.92. The van der Waals surface area contributed by atoms with Gasteiger partial charge >= 0.3 is 0 Å². The third-order valence-electron chi connectivity index (χ3n) is 5.02. The smallest absolute Gasteiger partial charge is 0.262 e. The molecule has 1 aromatic carbocycles. The van der Waals surface area contributed by atoms with E-state index in [4.69, 9.17) is 4.74 Å². The van der Waals surface area contributed by atoms with E-state index in [0.29, 0.717) is 37.1 Å². The van der Waals surface area contributed by atoms with Gasteiger partial charge in [0.05, 0.1) is 11.1 Å². The van der Waals surface area contributed by atoms with Gasteiger partial charge in [-0.15, -0.1) is 0 Å². The fourth-order valence-electron chi connectivity index (χ4n) is 3.58. The van der Waals surface area contributed by atoms with E-state index in [9.17, 15) is 19.2 Å². The molecule has 0 aromatic heterocycles. The van der Waals surface area contributed by atoms with Crippen molar-refractivity contribution in [2.75, 3.05) is 26.8 Å². The third-order valence-corrected chi connectivity index (χ3v) is 5.02. The molecule has 1 fully saturated rings. The van der Waals surface area contributed by atoms with Crippen LogP contribution in [0.1, 0.15) is 40.5 Å². The van der Waals surface area contributed by atoms with E-state index in [1.807, 2.05) is 0 Å². The van der Waals surface area contributed by atoms with Crippen LogP contribution in [0.4, 0.5) is 0 Å². The van der Waals surface area contributed by atoms with Gasteiger partial charge in [-0.05, 0) is 31.9 Å². The van der Waals surface area contributed by atoms with E-state index >= 15 is 0 Å². The number of nitrogens with one attached hydrogen (secondary N) is 1. The molecule has 1 saturated heterocycles. The van der Waals surface area contributed by atoms with Crippen molar-refractivity contribution in [2.24, 2.45) is 0 Å². The summed E-state index contributed by atoms with van der Waals surface area (Å²) in [6.07, 6.45) is 1.24. The van der Waals surface area contributed by atoms with Crippen LogP contribution in [0.5, 0.6) is 0 Å². The van der Waals surface area contributed by atoms with Crippen LogP contribution in [0.25, 0.3) is 0 Å². The summed E-state index contributed by atoms with van der Waals surface area (Å²) in [4.78, 5) is 52.2. The van der Waals surface area contributed by atoms with E-state index in [2.05, 4.69) is 5.32 Å². The molecule has 1 aromatic rings. The SMILES string of the molecule is COCC(=O)NC1CCN(C(=O)C(C)N2C(=O)c3ccccc3C2=O)CC1. The number of piperidine rings is 1. The van der Waals surface area contributed by atoms with Gasteiger partial charge in [0.1, 0.15) is 12.6 Å². The number of hydrogen-bond acceptors (Lipinski definition) is 5. The highest BCUT2D eigenvalue weighted by atomic mass is 16.5. The number of imide groups is 1. The van der Waals surface area contributed by atoms with Gasteiger partial charge in [0.15, 0.2) is 0 Å². The van der Waals surface area contributed by atoms with E-state index in [0.717, 1.165) is 4.90 Å². The first kappa shape index (κ1) is 19.0. The molecule has 0 bridgehead atoms. The Kier molecular flexibility index (Phi) is 5.55. The van der Waals surface area contributed by atoms with Crippen LogP contribution >= 0.6 is 0 Å². The minimum Gasteiger partial charge on any atom is -0.375 e. The van der Waals surface area contributed by atoms with E-state index in [-0.39, 0.29) is 24.5 Å². The number of amides is 4. The summed E-state index contributed by atoms with van der Waals surface area (Å²) < 4.78 is 4.79. The number of hydrogen-bond donors (Lipinski definition) is 1. The van der Waals surface area contributed by atoms with Crippen LogP contribution in [0.3, 0.4) is 0 Å². The van der Waals surface area contributed by atoms with Gasteiger partial charge in [-0.1, -0.05) is 12.1 Å². The monoisotopic (exact) mass is 373 g/mol. The van der Waals surface area contributed by atoms with Crippen molar-refractivity contribution >= 4 is 23.6 Å². The maximum absolute atomic E-state index is 12.8. The maximum Gasteiger partial charge on any atom is 0.262 e. The molecule has 3 rings (SSSR count). The first-order valence-electron chi connectivity index (χ1n) is 8.98. The van der Waals surface area contributed by atoms with Crippen LogP contribution in [-0.4, -0.2) is 72.3 Å².